The predicted molar refractivity (Wildman–Crippen MR) is 78.7 cm³/mol. The van der Waals surface area contributed by atoms with Gasteiger partial charge in [0.2, 0.25) is 0 Å². The summed E-state index contributed by atoms with van der Waals surface area (Å²) in [5, 5.41) is 6.02. The van der Waals surface area contributed by atoms with Gasteiger partial charge in [-0.1, -0.05) is 0 Å². The molecule has 0 aliphatic heterocycles. The first-order chi connectivity index (χ1) is 9.02. The number of carbonyl (C=O) groups excluding carboxylic acids is 1. The minimum absolute atomic E-state index is 0.223. The van der Waals surface area contributed by atoms with Gasteiger partial charge in [-0.25, -0.2) is 4.98 Å². The molecule has 19 heavy (non-hydrogen) atoms. The first kappa shape index (κ1) is 15.9. The highest BCUT2D eigenvalue weighted by Gasteiger charge is 2.08. The molecule has 0 atom stereocenters. The molecule has 0 aliphatic rings. The van der Waals surface area contributed by atoms with Gasteiger partial charge < -0.3 is 15.0 Å². The Morgan fingerprint density at radius 3 is 2.95 bits per heavy atom. The van der Waals surface area contributed by atoms with E-state index in [-0.39, 0.29) is 12.4 Å². The normalized spacial score (nSPS) is 11.1. The van der Waals surface area contributed by atoms with E-state index in [4.69, 9.17) is 4.74 Å². The highest BCUT2D eigenvalue weighted by Crippen LogP contribution is 2.15. The van der Waals surface area contributed by atoms with Crippen molar-refractivity contribution in [2.75, 3.05) is 32.1 Å². The molecule has 0 spiro atoms. The molecule has 0 saturated heterocycles. The Balaban J connectivity index is 2.32. The van der Waals surface area contributed by atoms with Crippen LogP contribution < -0.4 is 5.32 Å². The van der Waals surface area contributed by atoms with Crippen LogP contribution in [-0.2, 0) is 16.0 Å². The summed E-state index contributed by atoms with van der Waals surface area (Å²) in [6.07, 6.45) is 0.248. The number of likely N-dealkylation sites (N-methyl/N-ethyl adjacent to an activating group) is 1. The van der Waals surface area contributed by atoms with Gasteiger partial charge >= 0.3 is 5.97 Å². The highest BCUT2D eigenvalue weighted by atomic mass is 32.1. The lowest BCUT2D eigenvalue weighted by molar-refractivity contribution is -0.142. The van der Waals surface area contributed by atoms with Gasteiger partial charge in [0, 0.05) is 24.5 Å². The lowest BCUT2D eigenvalue weighted by atomic mass is 10.3. The number of rotatable bonds is 8. The Bertz CT molecular complexity index is 393. The molecule has 108 valence electrons. The van der Waals surface area contributed by atoms with Crippen molar-refractivity contribution in [3.8, 4) is 0 Å². The Morgan fingerprint density at radius 1 is 1.58 bits per heavy atom. The number of thiazole rings is 1. The molecule has 0 unspecified atom stereocenters. The quantitative estimate of drug-likeness (QED) is 0.740. The second kappa shape index (κ2) is 8.12. The second-order valence-electron chi connectivity index (χ2n) is 4.63. The SMILES string of the molecule is CCOC(=O)Cc1csc(NCCN(C)C(C)C)n1. The number of anilines is 1. The zero-order chi connectivity index (χ0) is 14.3. The van der Waals surface area contributed by atoms with Gasteiger partial charge in [0.1, 0.15) is 0 Å². The molecular formula is C13H23N3O2S. The molecule has 0 saturated carbocycles. The number of esters is 1. The van der Waals surface area contributed by atoms with Crippen molar-refractivity contribution in [1.82, 2.24) is 9.88 Å². The van der Waals surface area contributed by atoms with Crippen LogP contribution in [0.3, 0.4) is 0 Å². The van der Waals surface area contributed by atoms with Crippen LogP contribution in [0, 0.1) is 0 Å². The molecular weight excluding hydrogens is 262 g/mol. The fourth-order valence-electron chi connectivity index (χ4n) is 1.43. The van der Waals surface area contributed by atoms with Crippen LogP contribution in [0.4, 0.5) is 5.13 Å². The largest absolute Gasteiger partial charge is 0.466 e. The lowest BCUT2D eigenvalue weighted by Crippen LogP contribution is -2.31. The van der Waals surface area contributed by atoms with Gasteiger partial charge in [-0.05, 0) is 27.8 Å². The third-order valence-electron chi connectivity index (χ3n) is 2.80. The Labute approximate surface area is 119 Å². The van der Waals surface area contributed by atoms with E-state index in [1.54, 1.807) is 6.92 Å². The molecule has 0 aliphatic carbocycles. The van der Waals surface area contributed by atoms with Crippen molar-refractivity contribution in [2.45, 2.75) is 33.2 Å². The zero-order valence-corrected chi connectivity index (χ0v) is 12.9. The van der Waals surface area contributed by atoms with E-state index in [1.807, 2.05) is 5.38 Å². The summed E-state index contributed by atoms with van der Waals surface area (Å²) in [4.78, 5) is 17.9. The molecule has 0 amide bonds. The van der Waals surface area contributed by atoms with Crippen LogP contribution in [0.1, 0.15) is 26.5 Å². The first-order valence-electron chi connectivity index (χ1n) is 6.57. The second-order valence-corrected chi connectivity index (χ2v) is 5.49. The summed E-state index contributed by atoms with van der Waals surface area (Å²) in [6, 6.07) is 0.539. The van der Waals surface area contributed by atoms with Crippen LogP contribution >= 0.6 is 11.3 Å². The lowest BCUT2D eigenvalue weighted by Gasteiger charge is -2.20. The Kier molecular flexibility index (Phi) is 6.80. The maximum atomic E-state index is 11.3. The van der Waals surface area contributed by atoms with E-state index in [9.17, 15) is 4.79 Å². The van der Waals surface area contributed by atoms with E-state index >= 15 is 0 Å². The average molecular weight is 285 g/mol. The number of hydrogen-bond donors (Lipinski definition) is 1. The molecule has 1 aromatic heterocycles. The zero-order valence-electron chi connectivity index (χ0n) is 12.1. The van der Waals surface area contributed by atoms with Gasteiger partial charge in [0.15, 0.2) is 5.13 Å². The van der Waals surface area contributed by atoms with Gasteiger partial charge in [0.05, 0.1) is 18.7 Å². The molecule has 0 bridgehead atoms. The van der Waals surface area contributed by atoms with Gasteiger partial charge in [-0.3, -0.25) is 4.79 Å². The van der Waals surface area contributed by atoms with Crippen molar-refractivity contribution in [3.63, 3.8) is 0 Å². The van der Waals surface area contributed by atoms with E-state index in [2.05, 4.69) is 36.1 Å². The average Bonchev–Trinajstić information content (AvgIpc) is 2.76. The third-order valence-corrected chi connectivity index (χ3v) is 3.65. The molecule has 0 aromatic carbocycles. The van der Waals surface area contributed by atoms with Crippen molar-refractivity contribution in [2.24, 2.45) is 0 Å². The number of ether oxygens (including phenoxy) is 1. The van der Waals surface area contributed by atoms with Crippen molar-refractivity contribution < 1.29 is 9.53 Å². The van der Waals surface area contributed by atoms with E-state index in [1.165, 1.54) is 11.3 Å². The summed E-state index contributed by atoms with van der Waals surface area (Å²) >= 11 is 1.52. The van der Waals surface area contributed by atoms with Gasteiger partial charge in [-0.15, -0.1) is 11.3 Å². The van der Waals surface area contributed by atoms with E-state index < -0.39 is 0 Å². The standard InChI is InChI=1S/C13H23N3O2S/c1-5-18-12(17)8-11-9-19-13(15-11)14-6-7-16(4)10(2)3/h9-10H,5-8H2,1-4H3,(H,14,15). The van der Waals surface area contributed by atoms with Crippen LogP contribution in [0.2, 0.25) is 0 Å². The van der Waals surface area contributed by atoms with Crippen LogP contribution in [0.5, 0.6) is 0 Å². The summed E-state index contributed by atoms with van der Waals surface area (Å²) in [5.41, 5.74) is 0.767. The topological polar surface area (TPSA) is 54.5 Å². The van der Waals surface area contributed by atoms with Gasteiger partial charge in [-0.2, -0.15) is 0 Å². The van der Waals surface area contributed by atoms with Crippen LogP contribution in [0.25, 0.3) is 0 Å². The molecule has 1 N–H and O–H groups in total. The summed E-state index contributed by atoms with van der Waals surface area (Å²) in [7, 11) is 2.10. The third kappa shape index (κ3) is 6.02. The maximum Gasteiger partial charge on any atom is 0.311 e. The molecule has 1 heterocycles. The van der Waals surface area contributed by atoms with E-state index in [0.29, 0.717) is 12.6 Å². The predicted octanol–water partition coefficient (Wildman–Crippen LogP) is 2.00. The van der Waals surface area contributed by atoms with Gasteiger partial charge in [0.25, 0.3) is 0 Å². The first-order valence-corrected chi connectivity index (χ1v) is 7.45. The molecule has 1 aromatic rings. The van der Waals surface area contributed by atoms with Crippen LogP contribution in [-0.4, -0.2) is 48.6 Å². The molecule has 0 radical (unpaired) electrons. The highest BCUT2D eigenvalue weighted by molar-refractivity contribution is 7.13. The summed E-state index contributed by atoms with van der Waals surface area (Å²) < 4.78 is 4.89. The number of aromatic nitrogens is 1. The molecule has 0 fully saturated rings. The summed E-state index contributed by atoms with van der Waals surface area (Å²) in [5.74, 6) is -0.223. The summed E-state index contributed by atoms with van der Waals surface area (Å²) in [6.45, 7) is 8.36. The molecule has 5 nitrogen and oxygen atoms in total. The van der Waals surface area contributed by atoms with Crippen LogP contribution in [0.15, 0.2) is 5.38 Å². The monoisotopic (exact) mass is 285 g/mol. The van der Waals surface area contributed by atoms with Crippen molar-refractivity contribution in [1.29, 1.82) is 0 Å². The molecule has 6 heteroatoms. The van der Waals surface area contributed by atoms with Crippen molar-refractivity contribution in [3.05, 3.63) is 11.1 Å². The maximum absolute atomic E-state index is 11.3. The Hall–Kier alpha value is -1.14. The van der Waals surface area contributed by atoms with Crippen molar-refractivity contribution >= 4 is 22.4 Å². The number of nitrogens with zero attached hydrogens (tertiary/aromatic N) is 2. The number of carbonyl (C=O) groups is 1. The number of hydrogen-bond acceptors (Lipinski definition) is 6. The Morgan fingerprint density at radius 2 is 2.32 bits per heavy atom. The molecule has 1 rings (SSSR count). The minimum atomic E-state index is -0.223. The minimum Gasteiger partial charge on any atom is -0.466 e. The number of nitrogens with one attached hydrogen (secondary N) is 1. The fourth-order valence-corrected chi connectivity index (χ4v) is 2.17. The smallest absolute Gasteiger partial charge is 0.311 e. The van der Waals surface area contributed by atoms with E-state index in [0.717, 1.165) is 23.9 Å². The fraction of sp³-hybridized carbons (Fsp3) is 0.692.